The van der Waals surface area contributed by atoms with E-state index in [1.54, 1.807) is 0 Å². The molecule has 1 unspecified atom stereocenters. The first kappa shape index (κ1) is 23.0. The summed E-state index contributed by atoms with van der Waals surface area (Å²) in [4.78, 5) is 61.1. The topological polar surface area (TPSA) is 131 Å². The molecule has 162 valence electrons. The summed E-state index contributed by atoms with van der Waals surface area (Å²) in [5, 5.41) is 4.80. The minimum absolute atomic E-state index is 0.0451. The minimum Gasteiger partial charge on any atom is -0.483 e. The van der Waals surface area contributed by atoms with Gasteiger partial charge >= 0.3 is 0 Å². The first-order valence-corrected chi connectivity index (χ1v) is 9.55. The Morgan fingerprint density at radius 1 is 1.33 bits per heavy atom. The fourth-order valence-corrected chi connectivity index (χ4v) is 2.97. The van der Waals surface area contributed by atoms with Crippen molar-refractivity contribution in [3.05, 3.63) is 29.3 Å². The highest BCUT2D eigenvalue weighted by molar-refractivity contribution is 6.07. The smallest absolute Gasteiger partial charge is 0.258 e. The second-order valence-electron chi connectivity index (χ2n) is 6.56. The second-order valence-corrected chi connectivity index (χ2v) is 6.56. The van der Waals surface area contributed by atoms with Gasteiger partial charge in [-0.3, -0.25) is 29.3 Å². The van der Waals surface area contributed by atoms with E-state index in [4.69, 9.17) is 9.47 Å². The molecular formula is C20H25N3O7. The van der Waals surface area contributed by atoms with E-state index in [9.17, 15) is 24.0 Å². The lowest BCUT2D eigenvalue weighted by Crippen LogP contribution is -2.53. The summed E-state index contributed by atoms with van der Waals surface area (Å²) in [7, 11) is 1.41. The van der Waals surface area contributed by atoms with Crippen molar-refractivity contribution in [1.29, 1.82) is 0 Å². The van der Waals surface area contributed by atoms with E-state index in [1.807, 2.05) is 6.92 Å². The number of amides is 4. The average molecular weight is 419 g/mol. The third kappa shape index (κ3) is 5.86. The summed E-state index contributed by atoms with van der Waals surface area (Å²) in [6.45, 7) is 2.70. The molecule has 1 aromatic carbocycles. The van der Waals surface area contributed by atoms with Crippen LogP contribution in [0, 0.1) is 0 Å². The van der Waals surface area contributed by atoms with Crippen molar-refractivity contribution in [2.45, 2.75) is 25.8 Å². The number of imide groups is 1. The van der Waals surface area contributed by atoms with Crippen LogP contribution < -0.4 is 15.4 Å². The molecule has 30 heavy (non-hydrogen) atoms. The number of nitrogens with zero attached hydrogens (tertiary/aromatic N) is 1. The van der Waals surface area contributed by atoms with Crippen molar-refractivity contribution < 1.29 is 33.4 Å². The zero-order chi connectivity index (χ0) is 22.1. The summed E-state index contributed by atoms with van der Waals surface area (Å²) in [6, 6.07) is 3.57. The van der Waals surface area contributed by atoms with Crippen LogP contribution in [0.2, 0.25) is 0 Å². The summed E-state index contributed by atoms with van der Waals surface area (Å²) in [5.41, 5.74) is 0.00946. The number of carbonyl (C=O) groups excluding carboxylic acids is 5. The molecule has 2 rings (SSSR count). The summed E-state index contributed by atoms with van der Waals surface area (Å²) in [6.07, 6.45) is 0.782. The highest BCUT2D eigenvalue weighted by atomic mass is 16.5. The van der Waals surface area contributed by atoms with Gasteiger partial charge in [0.15, 0.2) is 12.9 Å². The summed E-state index contributed by atoms with van der Waals surface area (Å²) < 4.78 is 10.6. The highest BCUT2D eigenvalue weighted by Gasteiger charge is 2.34. The van der Waals surface area contributed by atoms with Gasteiger partial charge in [0.1, 0.15) is 11.8 Å². The normalized spacial score (nSPS) is 15.9. The van der Waals surface area contributed by atoms with Gasteiger partial charge in [-0.1, -0.05) is 12.1 Å². The maximum atomic E-state index is 13.1. The molecule has 0 aliphatic carbocycles. The van der Waals surface area contributed by atoms with Crippen molar-refractivity contribution in [2.24, 2.45) is 0 Å². The largest absolute Gasteiger partial charge is 0.483 e. The predicted molar refractivity (Wildman–Crippen MR) is 105 cm³/mol. The maximum absolute atomic E-state index is 13.1. The van der Waals surface area contributed by atoms with Crippen molar-refractivity contribution in [3.8, 4) is 5.75 Å². The molecule has 1 atom stereocenters. The van der Waals surface area contributed by atoms with Gasteiger partial charge in [-0.05, 0) is 19.4 Å². The van der Waals surface area contributed by atoms with Gasteiger partial charge in [0, 0.05) is 32.2 Å². The Hall–Kier alpha value is -3.27. The van der Waals surface area contributed by atoms with Crippen molar-refractivity contribution in [3.63, 3.8) is 0 Å². The van der Waals surface area contributed by atoms with Crippen LogP contribution in [-0.2, 0) is 19.1 Å². The number of hydrogen-bond acceptors (Lipinski definition) is 7. The molecule has 0 bridgehead atoms. The lowest BCUT2D eigenvalue weighted by atomic mass is 10.0. The number of nitrogens with one attached hydrogen (secondary N) is 2. The molecule has 0 spiro atoms. The summed E-state index contributed by atoms with van der Waals surface area (Å²) >= 11 is 0. The van der Waals surface area contributed by atoms with Gasteiger partial charge in [0.25, 0.3) is 11.8 Å². The summed E-state index contributed by atoms with van der Waals surface area (Å²) in [5.74, 6) is -1.97. The fourth-order valence-electron chi connectivity index (χ4n) is 2.97. The lowest BCUT2D eigenvalue weighted by molar-refractivity contribution is -0.136. The van der Waals surface area contributed by atoms with Gasteiger partial charge in [0.05, 0.1) is 12.2 Å². The van der Waals surface area contributed by atoms with Gasteiger partial charge in [-0.15, -0.1) is 0 Å². The highest BCUT2D eigenvalue weighted by Crippen LogP contribution is 2.25. The third-order valence-corrected chi connectivity index (χ3v) is 4.53. The molecule has 10 nitrogen and oxygen atoms in total. The van der Waals surface area contributed by atoms with E-state index in [0.29, 0.717) is 26.0 Å². The monoisotopic (exact) mass is 419 g/mol. The Morgan fingerprint density at radius 2 is 2.10 bits per heavy atom. The fraction of sp³-hybridized carbons (Fsp3) is 0.450. The van der Waals surface area contributed by atoms with Crippen LogP contribution in [0.25, 0.3) is 0 Å². The SMILES string of the molecule is CCOCCNC(=O)COc1cccc(C=O)c1C(=O)N(C)C1CCC(=O)NC1=O. The molecule has 0 saturated carbocycles. The number of ether oxygens (including phenoxy) is 2. The van der Waals surface area contributed by atoms with E-state index < -0.39 is 29.7 Å². The van der Waals surface area contributed by atoms with Crippen LogP contribution in [-0.4, -0.2) is 74.3 Å². The number of carbonyl (C=O) groups is 5. The van der Waals surface area contributed by atoms with E-state index in [0.717, 1.165) is 0 Å². The number of benzene rings is 1. The van der Waals surface area contributed by atoms with Crippen LogP contribution in [0.1, 0.15) is 40.5 Å². The van der Waals surface area contributed by atoms with Crippen molar-refractivity contribution in [1.82, 2.24) is 15.5 Å². The van der Waals surface area contributed by atoms with Crippen LogP contribution in [0.3, 0.4) is 0 Å². The zero-order valence-corrected chi connectivity index (χ0v) is 16.9. The Morgan fingerprint density at radius 3 is 2.77 bits per heavy atom. The van der Waals surface area contributed by atoms with Gasteiger partial charge in [0.2, 0.25) is 11.8 Å². The molecule has 10 heteroatoms. The Kier molecular flexibility index (Phi) is 8.48. The van der Waals surface area contributed by atoms with Crippen molar-refractivity contribution in [2.75, 3.05) is 33.4 Å². The number of likely N-dealkylation sites (N-methyl/N-ethyl adjacent to an activating group) is 1. The van der Waals surface area contributed by atoms with Gasteiger partial charge in [-0.25, -0.2) is 0 Å². The van der Waals surface area contributed by atoms with Crippen molar-refractivity contribution >= 4 is 29.9 Å². The first-order chi connectivity index (χ1) is 14.4. The van der Waals surface area contributed by atoms with Crippen LogP contribution in [0.5, 0.6) is 5.75 Å². The molecule has 1 aliphatic heterocycles. The van der Waals surface area contributed by atoms with E-state index in [1.165, 1.54) is 30.1 Å². The quantitative estimate of drug-likeness (QED) is 0.308. The molecule has 1 aliphatic rings. The molecular weight excluding hydrogens is 394 g/mol. The zero-order valence-electron chi connectivity index (χ0n) is 16.9. The Bertz CT molecular complexity index is 825. The Balaban J connectivity index is 2.13. The standard InChI is InChI=1S/C20H25N3O7/c1-3-29-10-9-21-17(26)12-30-15-6-4-5-13(11-24)18(15)20(28)23(2)14-7-8-16(25)22-19(14)27/h4-6,11,14H,3,7-10,12H2,1-2H3,(H,21,26)(H,22,25,27). The number of aldehydes is 1. The maximum Gasteiger partial charge on any atom is 0.258 e. The van der Waals surface area contributed by atoms with Crippen LogP contribution >= 0.6 is 0 Å². The second kappa shape index (κ2) is 11.1. The number of rotatable bonds is 10. The first-order valence-electron chi connectivity index (χ1n) is 9.55. The van der Waals surface area contributed by atoms with E-state index in [-0.39, 0.29) is 36.3 Å². The lowest BCUT2D eigenvalue weighted by Gasteiger charge is -2.30. The van der Waals surface area contributed by atoms with Gasteiger partial charge in [-0.2, -0.15) is 0 Å². The number of hydrogen-bond donors (Lipinski definition) is 2. The molecule has 4 amide bonds. The third-order valence-electron chi connectivity index (χ3n) is 4.53. The molecule has 2 N–H and O–H groups in total. The minimum atomic E-state index is -0.857. The molecule has 1 saturated heterocycles. The van der Waals surface area contributed by atoms with E-state index in [2.05, 4.69) is 10.6 Å². The molecule has 1 fully saturated rings. The van der Waals surface area contributed by atoms with Crippen LogP contribution in [0.15, 0.2) is 18.2 Å². The molecule has 0 radical (unpaired) electrons. The predicted octanol–water partition coefficient (Wildman–Crippen LogP) is -0.0922. The van der Waals surface area contributed by atoms with Gasteiger partial charge < -0.3 is 19.7 Å². The Labute approximate surface area is 173 Å². The average Bonchev–Trinajstić information content (AvgIpc) is 2.74. The van der Waals surface area contributed by atoms with E-state index >= 15 is 0 Å². The molecule has 1 aromatic rings. The molecule has 1 heterocycles. The van der Waals surface area contributed by atoms with Crippen LogP contribution in [0.4, 0.5) is 0 Å². The molecule has 0 aromatic heterocycles. The number of piperidine rings is 1.